The van der Waals surface area contributed by atoms with Crippen LogP contribution in [0.2, 0.25) is 0 Å². The molecule has 0 aliphatic heterocycles. The molecule has 5 nitrogen and oxygen atoms in total. The van der Waals surface area contributed by atoms with Crippen LogP contribution >= 0.6 is 0 Å². The number of benzene rings is 5. The molecular formula is C42H38O5. The lowest BCUT2D eigenvalue weighted by atomic mass is 9.83. The Labute approximate surface area is 275 Å². The van der Waals surface area contributed by atoms with Gasteiger partial charge in [-0.15, -0.1) is 0 Å². The van der Waals surface area contributed by atoms with E-state index in [0.29, 0.717) is 16.3 Å². The zero-order valence-corrected chi connectivity index (χ0v) is 26.8. The fourth-order valence-electron chi connectivity index (χ4n) is 6.20. The van der Waals surface area contributed by atoms with E-state index in [2.05, 4.69) is 44.9 Å². The fourth-order valence-corrected chi connectivity index (χ4v) is 6.20. The first-order valence-electron chi connectivity index (χ1n) is 15.3. The van der Waals surface area contributed by atoms with E-state index in [1.165, 1.54) is 0 Å². The van der Waals surface area contributed by atoms with Crippen LogP contribution in [0.3, 0.4) is 0 Å². The summed E-state index contributed by atoms with van der Waals surface area (Å²) in [5.41, 5.74) is 7.81. The minimum absolute atomic E-state index is 0.189. The van der Waals surface area contributed by atoms with Crippen LogP contribution in [-0.4, -0.2) is 25.5 Å². The van der Waals surface area contributed by atoms with Crippen molar-refractivity contribution >= 4 is 27.1 Å². The minimum atomic E-state index is -1.00. The van der Waals surface area contributed by atoms with Crippen molar-refractivity contribution in [2.75, 3.05) is 0 Å². The topological polar surface area (TPSA) is 101 Å². The number of aromatic hydroxyl groups is 5. The molecule has 236 valence electrons. The summed E-state index contributed by atoms with van der Waals surface area (Å²) in [5, 5.41) is 55.9. The van der Waals surface area contributed by atoms with Gasteiger partial charge in [-0.3, -0.25) is 0 Å². The zero-order valence-electron chi connectivity index (χ0n) is 26.8. The van der Waals surface area contributed by atoms with Gasteiger partial charge in [-0.05, 0) is 92.4 Å². The lowest BCUT2D eigenvalue weighted by Crippen LogP contribution is -1.98. The summed E-state index contributed by atoms with van der Waals surface area (Å²) in [7, 11) is 0. The Hall–Kier alpha value is -5.94. The Balaban J connectivity index is 1.89. The molecular weight excluding hydrogens is 584 g/mol. The standard InChI is InChI=1S/C42H38O5/c1-7-10-18-29(25(6)8-2)34(24(4)5)28(9-3)26-16-15-17-27(23-26)35-30-19-11-13-21-32(30)36(33-22-14-12-20-31(33)35)37-38(43)40(45)42(47)41(46)39(37)44/h8-23,43-47H,2-4,7H2,1,5-6H3/b18-10-,29-25-,34-28-. The van der Waals surface area contributed by atoms with E-state index in [4.69, 9.17) is 0 Å². The van der Waals surface area contributed by atoms with Crippen LogP contribution in [-0.2, 0) is 0 Å². The highest BCUT2D eigenvalue weighted by molar-refractivity contribution is 6.22. The number of hydrogen-bond donors (Lipinski definition) is 5. The highest BCUT2D eigenvalue weighted by Gasteiger charge is 2.28. The number of rotatable bonds is 9. The van der Waals surface area contributed by atoms with Gasteiger partial charge < -0.3 is 25.5 Å². The van der Waals surface area contributed by atoms with Crippen LogP contribution < -0.4 is 0 Å². The predicted molar refractivity (Wildman–Crippen MR) is 195 cm³/mol. The first kappa shape index (κ1) is 32.5. The molecule has 5 heteroatoms. The van der Waals surface area contributed by atoms with Gasteiger partial charge in [-0.1, -0.05) is 118 Å². The number of fused-ring (bicyclic) bond motifs is 2. The second-order valence-corrected chi connectivity index (χ2v) is 11.4. The maximum Gasteiger partial charge on any atom is 0.208 e. The van der Waals surface area contributed by atoms with Crippen LogP contribution in [0.25, 0.3) is 49.4 Å². The van der Waals surface area contributed by atoms with Crippen molar-refractivity contribution in [3.05, 3.63) is 145 Å². The molecule has 47 heavy (non-hydrogen) atoms. The SMILES string of the molecule is C=C/C(C)=C(/C=C\CC)C(\C(=C)C)=C(\C=C)c1cccc(-c2c3ccccc3c(-c3c(O)c(O)c(O)c(O)c3O)c3ccccc23)c1. The Morgan fingerprint density at radius 1 is 0.638 bits per heavy atom. The van der Waals surface area contributed by atoms with Gasteiger partial charge in [-0.25, -0.2) is 0 Å². The first-order valence-corrected chi connectivity index (χ1v) is 15.3. The van der Waals surface area contributed by atoms with Crippen molar-refractivity contribution in [3.8, 4) is 51.0 Å². The van der Waals surface area contributed by atoms with Gasteiger partial charge in [0.1, 0.15) is 0 Å². The molecule has 0 saturated heterocycles. The Kier molecular flexibility index (Phi) is 9.11. The smallest absolute Gasteiger partial charge is 0.208 e. The second-order valence-electron chi connectivity index (χ2n) is 11.4. The van der Waals surface area contributed by atoms with Crippen LogP contribution in [0, 0.1) is 0 Å². The summed E-state index contributed by atoms with van der Waals surface area (Å²) >= 11 is 0. The van der Waals surface area contributed by atoms with E-state index >= 15 is 0 Å². The Morgan fingerprint density at radius 3 is 1.62 bits per heavy atom. The molecule has 0 unspecified atom stereocenters. The van der Waals surface area contributed by atoms with E-state index in [1.54, 1.807) is 0 Å². The first-order chi connectivity index (χ1) is 22.6. The number of phenolic OH excluding ortho intramolecular Hbond substituents is 5. The molecule has 5 aromatic rings. The van der Waals surface area contributed by atoms with Gasteiger partial charge in [0.15, 0.2) is 11.5 Å². The van der Waals surface area contributed by atoms with E-state index in [-0.39, 0.29) is 5.56 Å². The van der Waals surface area contributed by atoms with E-state index in [9.17, 15) is 25.5 Å². The molecule has 0 saturated carbocycles. The highest BCUT2D eigenvalue weighted by Crippen LogP contribution is 2.57. The zero-order chi connectivity index (χ0) is 34.0. The molecule has 0 spiro atoms. The third kappa shape index (κ3) is 5.57. The maximum absolute atomic E-state index is 11.0. The normalized spacial score (nSPS) is 12.7. The molecule has 0 atom stereocenters. The molecule has 5 aromatic carbocycles. The van der Waals surface area contributed by atoms with Crippen molar-refractivity contribution in [1.29, 1.82) is 0 Å². The molecule has 0 fully saturated rings. The van der Waals surface area contributed by atoms with E-state index < -0.39 is 28.7 Å². The summed E-state index contributed by atoms with van der Waals surface area (Å²) in [4.78, 5) is 0. The number of allylic oxidation sites excluding steroid dienone is 9. The quantitative estimate of drug-likeness (QED) is 0.0487. The molecule has 0 aliphatic rings. The summed E-state index contributed by atoms with van der Waals surface area (Å²) in [6, 6.07) is 23.3. The lowest BCUT2D eigenvalue weighted by Gasteiger charge is -2.21. The Bertz CT molecular complexity index is 2110. The van der Waals surface area contributed by atoms with Crippen LogP contribution in [0.15, 0.2) is 139 Å². The largest absolute Gasteiger partial charge is 0.504 e. The number of hydrogen-bond acceptors (Lipinski definition) is 5. The summed E-state index contributed by atoms with van der Waals surface area (Å²) in [6.07, 6.45) is 8.81. The molecule has 0 amide bonds. The van der Waals surface area contributed by atoms with Gasteiger partial charge >= 0.3 is 0 Å². The van der Waals surface area contributed by atoms with Gasteiger partial charge in [0.25, 0.3) is 0 Å². The Morgan fingerprint density at radius 2 is 1.15 bits per heavy atom. The van der Waals surface area contributed by atoms with Gasteiger partial charge in [0, 0.05) is 5.56 Å². The molecule has 0 aromatic heterocycles. The lowest BCUT2D eigenvalue weighted by molar-refractivity contribution is 0.330. The molecule has 0 bridgehead atoms. The second kappa shape index (κ2) is 13.2. The number of phenols is 5. The maximum atomic E-state index is 11.0. The van der Waals surface area contributed by atoms with Crippen molar-refractivity contribution in [1.82, 2.24) is 0 Å². The van der Waals surface area contributed by atoms with Crippen molar-refractivity contribution in [2.45, 2.75) is 27.2 Å². The van der Waals surface area contributed by atoms with E-state index in [0.717, 1.165) is 61.7 Å². The van der Waals surface area contributed by atoms with Gasteiger partial charge in [-0.2, -0.15) is 0 Å². The average molecular weight is 623 g/mol. The van der Waals surface area contributed by atoms with Crippen LogP contribution in [0.4, 0.5) is 0 Å². The average Bonchev–Trinajstić information content (AvgIpc) is 3.09. The molecule has 0 heterocycles. The summed E-state index contributed by atoms with van der Waals surface area (Å²) in [5.74, 6) is -4.34. The van der Waals surface area contributed by atoms with Gasteiger partial charge in [0.2, 0.25) is 17.2 Å². The summed E-state index contributed by atoms with van der Waals surface area (Å²) in [6.45, 7) is 18.7. The molecule has 5 rings (SSSR count). The predicted octanol–water partition coefficient (Wildman–Crippen LogP) is 10.8. The third-order valence-electron chi connectivity index (χ3n) is 8.44. The fraction of sp³-hybridized carbons (Fsp3) is 0.0952. The monoisotopic (exact) mass is 622 g/mol. The van der Waals surface area contributed by atoms with Crippen molar-refractivity contribution in [3.63, 3.8) is 0 Å². The van der Waals surface area contributed by atoms with Crippen molar-refractivity contribution in [2.24, 2.45) is 0 Å². The van der Waals surface area contributed by atoms with Gasteiger partial charge in [0.05, 0.1) is 5.56 Å². The summed E-state index contributed by atoms with van der Waals surface area (Å²) < 4.78 is 0. The van der Waals surface area contributed by atoms with E-state index in [1.807, 2.05) is 92.7 Å². The molecule has 5 N–H and O–H groups in total. The van der Waals surface area contributed by atoms with Crippen LogP contribution in [0.1, 0.15) is 32.8 Å². The van der Waals surface area contributed by atoms with Crippen molar-refractivity contribution < 1.29 is 25.5 Å². The molecule has 0 radical (unpaired) electrons. The molecule has 0 aliphatic carbocycles. The minimum Gasteiger partial charge on any atom is -0.504 e. The van der Waals surface area contributed by atoms with Crippen LogP contribution in [0.5, 0.6) is 28.7 Å². The highest BCUT2D eigenvalue weighted by atomic mass is 16.4. The third-order valence-corrected chi connectivity index (χ3v) is 8.44.